The first-order chi connectivity index (χ1) is 10.2. The first-order valence-corrected chi connectivity index (χ1v) is 6.75. The number of nitrogens with zero attached hydrogens (tertiary/aromatic N) is 1. The van der Waals surface area contributed by atoms with Gasteiger partial charge in [0.25, 0.3) is 0 Å². The van der Waals surface area contributed by atoms with Crippen molar-refractivity contribution in [3.05, 3.63) is 48.4 Å². The van der Waals surface area contributed by atoms with Gasteiger partial charge in [-0.15, -0.1) is 0 Å². The molecule has 0 spiro atoms. The van der Waals surface area contributed by atoms with Crippen LogP contribution in [0.25, 0.3) is 11.1 Å². The molecule has 108 valence electrons. The summed E-state index contributed by atoms with van der Waals surface area (Å²) < 4.78 is 16.7. The summed E-state index contributed by atoms with van der Waals surface area (Å²) in [6, 6.07) is 12.8. The van der Waals surface area contributed by atoms with E-state index in [2.05, 4.69) is 4.98 Å². The normalized spacial score (nSPS) is 10.7. The minimum absolute atomic E-state index is 0.254. The molecule has 3 aromatic rings. The Morgan fingerprint density at radius 2 is 1.90 bits per heavy atom. The topological polar surface area (TPSA) is 70.5 Å². The maximum atomic E-state index is 5.72. The van der Waals surface area contributed by atoms with E-state index in [1.165, 1.54) is 0 Å². The lowest BCUT2D eigenvalue weighted by Crippen LogP contribution is -1.96. The molecule has 0 bridgehead atoms. The van der Waals surface area contributed by atoms with Crippen LogP contribution < -0.4 is 15.2 Å². The van der Waals surface area contributed by atoms with Gasteiger partial charge in [0, 0.05) is 11.8 Å². The molecule has 3 rings (SSSR count). The Labute approximate surface area is 122 Å². The number of nitrogens with two attached hydrogens (primary N) is 1. The average molecular weight is 284 g/mol. The third kappa shape index (κ3) is 3.08. The Morgan fingerprint density at radius 3 is 2.71 bits per heavy atom. The van der Waals surface area contributed by atoms with Crippen LogP contribution in [-0.4, -0.2) is 11.6 Å². The van der Waals surface area contributed by atoms with Crippen molar-refractivity contribution < 1.29 is 13.9 Å². The van der Waals surface area contributed by atoms with Gasteiger partial charge in [-0.05, 0) is 37.3 Å². The van der Waals surface area contributed by atoms with Crippen molar-refractivity contribution in [3.8, 4) is 11.5 Å². The van der Waals surface area contributed by atoms with Gasteiger partial charge in [-0.1, -0.05) is 6.07 Å². The van der Waals surface area contributed by atoms with Crippen LogP contribution in [0.15, 0.2) is 46.9 Å². The van der Waals surface area contributed by atoms with Crippen LogP contribution in [0, 0.1) is 0 Å². The minimum atomic E-state index is 0.254. The van der Waals surface area contributed by atoms with Crippen LogP contribution in [0.3, 0.4) is 0 Å². The zero-order chi connectivity index (χ0) is 14.7. The molecule has 2 aromatic carbocycles. The number of oxazole rings is 1. The van der Waals surface area contributed by atoms with E-state index >= 15 is 0 Å². The maximum Gasteiger partial charge on any atom is 0.233 e. The fraction of sp³-hybridized carbons (Fsp3) is 0.188. The van der Waals surface area contributed by atoms with Crippen molar-refractivity contribution in [1.29, 1.82) is 0 Å². The molecule has 5 heteroatoms. The van der Waals surface area contributed by atoms with E-state index in [9.17, 15) is 0 Å². The molecule has 0 radical (unpaired) electrons. The number of nitrogen functional groups attached to an aromatic ring is 1. The Hall–Kier alpha value is -2.69. The van der Waals surface area contributed by atoms with Gasteiger partial charge in [0.15, 0.2) is 12.2 Å². The van der Waals surface area contributed by atoms with Crippen molar-refractivity contribution in [3.63, 3.8) is 0 Å². The van der Waals surface area contributed by atoms with Crippen molar-refractivity contribution in [2.24, 2.45) is 0 Å². The molecule has 0 aliphatic carbocycles. The van der Waals surface area contributed by atoms with Gasteiger partial charge in [0.05, 0.1) is 6.61 Å². The highest BCUT2D eigenvalue weighted by molar-refractivity contribution is 5.76. The summed E-state index contributed by atoms with van der Waals surface area (Å²) in [5.41, 5.74) is 7.81. The second-order valence-electron chi connectivity index (χ2n) is 4.53. The number of ether oxygens (including phenoxy) is 2. The van der Waals surface area contributed by atoms with Gasteiger partial charge in [0.1, 0.15) is 17.0 Å². The molecule has 0 atom stereocenters. The number of fused-ring (bicyclic) bond motifs is 1. The number of rotatable bonds is 5. The van der Waals surface area contributed by atoms with Crippen molar-refractivity contribution in [1.82, 2.24) is 4.98 Å². The highest BCUT2D eigenvalue weighted by Gasteiger charge is 2.07. The van der Waals surface area contributed by atoms with Crippen LogP contribution in [0.4, 0.5) is 5.69 Å². The van der Waals surface area contributed by atoms with Gasteiger partial charge in [0.2, 0.25) is 5.89 Å². The largest absolute Gasteiger partial charge is 0.494 e. The predicted molar refractivity (Wildman–Crippen MR) is 80.4 cm³/mol. The number of anilines is 1. The van der Waals surface area contributed by atoms with Gasteiger partial charge in [-0.2, -0.15) is 0 Å². The second-order valence-corrected chi connectivity index (χ2v) is 4.53. The molecule has 0 saturated heterocycles. The van der Waals surface area contributed by atoms with Gasteiger partial charge in [-0.3, -0.25) is 0 Å². The SMILES string of the molecule is CCOc1cccc(OCc2nc3cc(N)ccc3o2)c1. The number of hydrogen-bond acceptors (Lipinski definition) is 5. The summed E-state index contributed by atoms with van der Waals surface area (Å²) in [6.45, 7) is 2.82. The lowest BCUT2D eigenvalue weighted by atomic mass is 10.3. The minimum Gasteiger partial charge on any atom is -0.494 e. The summed E-state index contributed by atoms with van der Waals surface area (Å²) in [5, 5.41) is 0. The number of aromatic nitrogens is 1. The average Bonchev–Trinajstić information content (AvgIpc) is 2.88. The van der Waals surface area contributed by atoms with Crippen molar-refractivity contribution in [2.45, 2.75) is 13.5 Å². The van der Waals surface area contributed by atoms with Gasteiger partial charge < -0.3 is 19.6 Å². The number of benzene rings is 2. The predicted octanol–water partition coefficient (Wildman–Crippen LogP) is 3.39. The molecule has 0 aliphatic heterocycles. The Bertz CT molecular complexity index is 752. The summed E-state index contributed by atoms with van der Waals surface area (Å²) in [5.74, 6) is 2.00. The molecule has 1 heterocycles. The van der Waals surface area contributed by atoms with E-state index in [1.54, 1.807) is 18.2 Å². The third-order valence-corrected chi connectivity index (χ3v) is 2.93. The van der Waals surface area contributed by atoms with E-state index in [0.29, 0.717) is 29.5 Å². The standard InChI is InChI=1S/C16H16N2O3/c1-2-19-12-4-3-5-13(9-12)20-10-16-18-14-8-11(17)6-7-15(14)21-16/h3-9H,2,10,17H2,1H3. The molecule has 21 heavy (non-hydrogen) atoms. The molecule has 2 N–H and O–H groups in total. The van der Waals surface area contributed by atoms with E-state index < -0.39 is 0 Å². The molecular formula is C16H16N2O3. The molecular weight excluding hydrogens is 268 g/mol. The third-order valence-electron chi connectivity index (χ3n) is 2.93. The Morgan fingerprint density at radius 1 is 1.10 bits per heavy atom. The van der Waals surface area contributed by atoms with Gasteiger partial charge >= 0.3 is 0 Å². The summed E-state index contributed by atoms with van der Waals surface area (Å²) in [7, 11) is 0. The van der Waals surface area contributed by atoms with Crippen LogP contribution in [0.1, 0.15) is 12.8 Å². The highest BCUT2D eigenvalue weighted by atomic mass is 16.5. The molecule has 0 amide bonds. The van der Waals surface area contributed by atoms with E-state index in [0.717, 1.165) is 11.3 Å². The van der Waals surface area contributed by atoms with E-state index in [-0.39, 0.29) is 6.61 Å². The molecule has 1 aromatic heterocycles. The first kappa shape index (κ1) is 13.3. The molecule has 0 aliphatic rings. The van der Waals surface area contributed by atoms with Crippen molar-refractivity contribution >= 4 is 16.8 Å². The summed E-state index contributed by atoms with van der Waals surface area (Å²) >= 11 is 0. The molecule has 0 saturated carbocycles. The van der Waals surface area contributed by atoms with Crippen LogP contribution in [0.2, 0.25) is 0 Å². The lowest BCUT2D eigenvalue weighted by molar-refractivity contribution is 0.264. The lowest BCUT2D eigenvalue weighted by Gasteiger charge is -2.06. The monoisotopic (exact) mass is 284 g/mol. The Kier molecular flexibility index (Phi) is 3.64. The Balaban J connectivity index is 1.72. The van der Waals surface area contributed by atoms with E-state index in [1.807, 2.05) is 31.2 Å². The quantitative estimate of drug-likeness (QED) is 0.727. The summed E-state index contributed by atoms with van der Waals surface area (Å²) in [6.07, 6.45) is 0. The van der Waals surface area contributed by atoms with Crippen LogP contribution >= 0.6 is 0 Å². The second kappa shape index (κ2) is 5.75. The molecule has 0 unspecified atom stereocenters. The molecule has 0 fully saturated rings. The fourth-order valence-corrected chi connectivity index (χ4v) is 2.02. The van der Waals surface area contributed by atoms with Crippen LogP contribution in [-0.2, 0) is 6.61 Å². The number of hydrogen-bond donors (Lipinski definition) is 1. The van der Waals surface area contributed by atoms with Crippen LogP contribution in [0.5, 0.6) is 11.5 Å². The maximum absolute atomic E-state index is 5.72. The highest BCUT2D eigenvalue weighted by Crippen LogP contribution is 2.22. The van der Waals surface area contributed by atoms with Gasteiger partial charge in [-0.25, -0.2) is 4.98 Å². The molecule has 5 nitrogen and oxygen atoms in total. The zero-order valence-corrected chi connectivity index (χ0v) is 11.7. The van der Waals surface area contributed by atoms with Crippen molar-refractivity contribution in [2.75, 3.05) is 12.3 Å². The zero-order valence-electron chi connectivity index (χ0n) is 11.7. The fourth-order valence-electron chi connectivity index (χ4n) is 2.02. The summed E-state index contributed by atoms with van der Waals surface area (Å²) in [4.78, 5) is 4.34. The smallest absolute Gasteiger partial charge is 0.233 e. The first-order valence-electron chi connectivity index (χ1n) is 6.75. The van der Waals surface area contributed by atoms with E-state index in [4.69, 9.17) is 19.6 Å².